The first-order chi connectivity index (χ1) is 10.3. The number of amides is 1. The van der Waals surface area contributed by atoms with Crippen LogP contribution < -0.4 is 9.62 Å². The van der Waals surface area contributed by atoms with E-state index in [1.165, 1.54) is 7.05 Å². The lowest BCUT2D eigenvalue weighted by Gasteiger charge is -2.17. The van der Waals surface area contributed by atoms with Crippen LogP contribution in [0.2, 0.25) is 0 Å². The minimum atomic E-state index is -3.36. The van der Waals surface area contributed by atoms with Crippen molar-refractivity contribution in [3.05, 3.63) is 59.7 Å². The molecule has 5 nitrogen and oxygen atoms in total. The van der Waals surface area contributed by atoms with Gasteiger partial charge in [0.15, 0.2) is 0 Å². The predicted molar refractivity (Wildman–Crippen MR) is 88.8 cm³/mol. The summed E-state index contributed by atoms with van der Waals surface area (Å²) < 4.78 is 24.3. The summed E-state index contributed by atoms with van der Waals surface area (Å²) in [6.07, 6.45) is 1.12. The average molecular weight is 318 g/mol. The molecule has 2 aromatic carbocycles. The molecule has 0 saturated carbocycles. The first-order valence-electron chi connectivity index (χ1n) is 6.69. The molecule has 6 heteroatoms. The number of rotatable bonds is 4. The van der Waals surface area contributed by atoms with Gasteiger partial charge in [0, 0.05) is 18.3 Å². The second-order valence-corrected chi connectivity index (χ2v) is 7.12. The second-order valence-electron chi connectivity index (χ2n) is 5.10. The van der Waals surface area contributed by atoms with E-state index in [1.807, 2.05) is 25.1 Å². The van der Waals surface area contributed by atoms with Gasteiger partial charge in [0.1, 0.15) is 0 Å². The molecular weight excluding hydrogens is 300 g/mol. The van der Waals surface area contributed by atoms with Gasteiger partial charge in [-0.2, -0.15) is 0 Å². The van der Waals surface area contributed by atoms with Crippen molar-refractivity contribution in [1.29, 1.82) is 0 Å². The Labute approximate surface area is 130 Å². The van der Waals surface area contributed by atoms with Gasteiger partial charge < -0.3 is 5.32 Å². The highest BCUT2D eigenvalue weighted by Gasteiger charge is 2.14. The molecule has 0 spiro atoms. The molecule has 0 radical (unpaired) electrons. The molecule has 2 rings (SSSR count). The van der Waals surface area contributed by atoms with Crippen molar-refractivity contribution in [3.63, 3.8) is 0 Å². The lowest BCUT2D eigenvalue weighted by atomic mass is 10.1. The van der Waals surface area contributed by atoms with Gasteiger partial charge in [0.05, 0.1) is 11.9 Å². The minimum absolute atomic E-state index is 0.283. The third-order valence-corrected chi connectivity index (χ3v) is 4.45. The van der Waals surface area contributed by atoms with Crippen molar-refractivity contribution in [2.45, 2.75) is 6.92 Å². The summed E-state index contributed by atoms with van der Waals surface area (Å²) in [5.74, 6) is -0.283. The zero-order chi connectivity index (χ0) is 16.3. The van der Waals surface area contributed by atoms with Crippen molar-refractivity contribution in [3.8, 4) is 0 Å². The van der Waals surface area contributed by atoms with Gasteiger partial charge in [-0.25, -0.2) is 8.42 Å². The standard InChI is InChI=1S/C16H18N2O3S/c1-12-6-4-8-14(10-12)17-16(19)13-7-5-9-15(11-13)18(2)22(3,20)21/h4-11H,1-3H3,(H,17,19). The van der Waals surface area contributed by atoms with Crippen LogP contribution in [0, 0.1) is 6.92 Å². The molecule has 116 valence electrons. The Kier molecular flexibility index (Phi) is 4.51. The molecule has 0 aliphatic carbocycles. The number of benzene rings is 2. The van der Waals surface area contributed by atoms with Crippen LogP contribution in [-0.2, 0) is 10.0 Å². The summed E-state index contributed by atoms with van der Waals surface area (Å²) in [5.41, 5.74) is 2.59. The fraction of sp³-hybridized carbons (Fsp3) is 0.188. The Morgan fingerprint density at radius 1 is 1.09 bits per heavy atom. The molecule has 0 saturated heterocycles. The minimum Gasteiger partial charge on any atom is -0.322 e. The van der Waals surface area contributed by atoms with Crippen molar-refractivity contribution in [2.75, 3.05) is 22.9 Å². The molecule has 1 N–H and O–H groups in total. The Morgan fingerprint density at radius 3 is 2.41 bits per heavy atom. The first-order valence-corrected chi connectivity index (χ1v) is 8.54. The monoisotopic (exact) mass is 318 g/mol. The third kappa shape index (κ3) is 3.85. The molecule has 0 atom stereocenters. The van der Waals surface area contributed by atoms with Crippen LogP contribution in [0.3, 0.4) is 0 Å². The number of nitrogens with one attached hydrogen (secondary N) is 1. The summed E-state index contributed by atoms with van der Waals surface area (Å²) in [4.78, 5) is 12.3. The Morgan fingerprint density at radius 2 is 1.77 bits per heavy atom. The van der Waals surface area contributed by atoms with E-state index in [0.29, 0.717) is 16.9 Å². The average Bonchev–Trinajstić information content (AvgIpc) is 2.45. The maximum Gasteiger partial charge on any atom is 0.255 e. The molecule has 2 aromatic rings. The summed E-state index contributed by atoms with van der Waals surface area (Å²) in [6, 6.07) is 14.0. The van der Waals surface area contributed by atoms with E-state index < -0.39 is 10.0 Å². The predicted octanol–water partition coefficient (Wildman–Crippen LogP) is 2.64. The number of sulfonamides is 1. The van der Waals surface area contributed by atoms with E-state index in [4.69, 9.17) is 0 Å². The van der Waals surface area contributed by atoms with Crippen molar-refractivity contribution in [2.24, 2.45) is 0 Å². The number of aryl methyl sites for hydroxylation is 1. The summed E-state index contributed by atoms with van der Waals surface area (Å²) in [7, 11) is -1.91. The van der Waals surface area contributed by atoms with E-state index in [1.54, 1.807) is 30.3 Å². The van der Waals surface area contributed by atoms with Crippen LogP contribution >= 0.6 is 0 Å². The third-order valence-electron chi connectivity index (χ3n) is 3.25. The molecule has 0 heterocycles. The largest absolute Gasteiger partial charge is 0.322 e. The van der Waals surface area contributed by atoms with Gasteiger partial charge in [-0.3, -0.25) is 9.10 Å². The zero-order valence-corrected chi connectivity index (χ0v) is 13.5. The van der Waals surface area contributed by atoms with E-state index in [-0.39, 0.29) is 5.91 Å². The lowest BCUT2D eigenvalue weighted by molar-refractivity contribution is 0.102. The molecular formula is C16H18N2O3S. The van der Waals surface area contributed by atoms with Gasteiger partial charge >= 0.3 is 0 Å². The first kappa shape index (κ1) is 16.0. The molecule has 22 heavy (non-hydrogen) atoms. The number of carbonyl (C=O) groups excluding carboxylic acids is 1. The van der Waals surface area contributed by atoms with Gasteiger partial charge in [0.2, 0.25) is 10.0 Å². The SMILES string of the molecule is Cc1cccc(NC(=O)c2cccc(N(C)S(C)(=O)=O)c2)c1. The van der Waals surface area contributed by atoms with Crippen LogP contribution in [0.1, 0.15) is 15.9 Å². The van der Waals surface area contributed by atoms with Gasteiger partial charge in [-0.15, -0.1) is 0 Å². The molecule has 0 unspecified atom stereocenters. The van der Waals surface area contributed by atoms with Crippen molar-refractivity contribution in [1.82, 2.24) is 0 Å². The molecule has 0 aromatic heterocycles. The number of carbonyl (C=O) groups is 1. The number of hydrogen-bond donors (Lipinski definition) is 1. The number of nitrogens with zero attached hydrogens (tertiary/aromatic N) is 1. The van der Waals surface area contributed by atoms with Crippen LogP contribution in [0.15, 0.2) is 48.5 Å². The maximum atomic E-state index is 12.3. The van der Waals surface area contributed by atoms with Gasteiger partial charge in [-0.05, 0) is 42.8 Å². The van der Waals surface area contributed by atoms with Crippen molar-refractivity contribution >= 4 is 27.3 Å². The van der Waals surface area contributed by atoms with E-state index >= 15 is 0 Å². The van der Waals surface area contributed by atoms with Crippen LogP contribution in [-0.4, -0.2) is 27.6 Å². The molecule has 0 bridgehead atoms. The lowest BCUT2D eigenvalue weighted by Crippen LogP contribution is -2.25. The topological polar surface area (TPSA) is 66.5 Å². The molecule has 0 fully saturated rings. The van der Waals surface area contributed by atoms with Gasteiger partial charge in [0.25, 0.3) is 5.91 Å². The normalized spacial score (nSPS) is 11.0. The highest BCUT2D eigenvalue weighted by Crippen LogP contribution is 2.18. The zero-order valence-electron chi connectivity index (χ0n) is 12.7. The fourth-order valence-corrected chi connectivity index (χ4v) is 2.46. The van der Waals surface area contributed by atoms with E-state index in [0.717, 1.165) is 16.1 Å². The van der Waals surface area contributed by atoms with Gasteiger partial charge in [-0.1, -0.05) is 18.2 Å². The number of anilines is 2. The highest BCUT2D eigenvalue weighted by molar-refractivity contribution is 7.92. The summed E-state index contributed by atoms with van der Waals surface area (Å²) >= 11 is 0. The Bertz CT molecular complexity index is 801. The van der Waals surface area contributed by atoms with Crippen LogP contribution in [0.5, 0.6) is 0 Å². The van der Waals surface area contributed by atoms with E-state index in [9.17, 15) is 13.2 Å². The number of hydrogen-bond acceptors (Lipinski definition) is 3. The maximum absolute atomic E-state index is 12.3. The summed E-state index contributed by atoms with van der Waals surface area (Å²) in [6.45, 7) is 1.94. The quantitative estimate of drug-likeness (QED) is 0.942. The molecule has 0 aliphatic heterocycles. The van der Waals surface area contributed by atoms with E-state index in [2.05, 4.69) is 5.32 Å². The Hall–Kier alpha value is -2.34. The second kappa shape index (κ2) is 6.19. The smallest absolute Gasteiger partial charge is 0.255 e. The van der Waals surface area contributed by atoms with Crippen LogP contribution in [0.4, 0.5) is 11.4 Å². The molecule has 1 amide bonds. The molecule has 0 aliphatic rings. The van der Waals surface area contributed by atoms with Crippen molar-refractivity contribution < 1.29 is 13.2 Å². The van der Waals surface area contributed by atoms with Crippen LogP contribution in [0.25, 0.3) is 0 Å². The Balaban J connectivity index is 2.24. The summed E-state index contributed by atoms with van der Waals surface area (Å²) in [5, 5.41) is 2.80. The fourth-order valence-electron chi connectivity index (χ4n) is 1.96. The highest BCUT2D eigenvalue weighted by atomic mass is 32.2.